The Morgan fingerprint density at radius 3 is 2.47 bits per heavy atom. The summed E-state index contributed by atoms with van der Waals surface area (Å²) in [5, 5.41) is 8.87. The average Bonchev–Trinajstić information content (AvgIpc) is 3.17. The van der Waals surface area contributed by atoms with Gasteiger partial charge in [-0.15, -0.1) is 0 Å². The first-order chi connectivity index (χ1) is 13.9. The number of carbonyl (C=O) groups excluding carboxylic acids is 1. The van der Waals surface area contributed by atoms with Crippen molar-refractivity contribution >= 4 is 23.2 Å². The standard InChI is InChI=1S/C17H12ClF6N5O/c1-28-14(17(22,23)24)12(18)13(27-28)15(30)26-11-6-25-29(8-11)7-9-3-2-4-10(5-9)16(19,20)21/h2-6,8H,7H2,1H3,(H,26,30). The van der Waals surface area contributed by atoms with Crippen LogP contribution < -0.4 is 5.32 Å². The average molecular weight is 452 g/mol. The van der Waals surface area contributed by atoms with Crippen LogP contribution in [0.5, 0.6) is 0 Å². The van der Waals surface area contributed by atoms with E-state index in [2.05, 4.69) is 15.5 Å². The number of amides is 1. The van der Waals surface area contributed by atoms with Crippen LogP contribution in [0.4, 0.5) is 32.0 Å². The van der Waals surface area contributed by atoms with Crippen LogP contribution in [0.1, 0.15) is 27.3 Å². The predicted molar refractivity (Wildman–Crippen MR) is 93.9 cm³/mol. The normalized spacial score (nSPS) is 12.3. The Balaban J connectivity index is 1.75. The lowest BCUT2D eigenvalue weighted by Gasteiger charge is -2.08. The van der Waals surface area contributed by atoms with Crippen molar-refractivity contribution in [3.05, 3.63) is 64.2 Å². The Morgan fingerprint density at radius 1 is 1.17 bits per heavy atom. The largest absolute Gasteiger partial charge is 0.434 e. The lowest BCUT2D eigenvalue weighted by Crippen LogP contribution is -2.13. The van der Waals surface area contributed by atoms with E-state index in [-0.39, 0.29) is 12.2 Å². The summed E-state index contributed by atoms with van der Waals surface area (Å²) in [7, 11) is 0.999. The molecule has 0 saturated carbocycles. The van der Waals surface area contributed by atoms with Gasteiger partial charge in [-0.1, -0.05) is 23.7 Å². The molecule has 0 aliphatic heterocycles. The highest BCUT2D eigenvalue weighted by Crippen LogP contribution is 2.36. The number of alkyl halides is 6. The third-order valence-corrected chi connectivity index (χ3v) is 4.32. The first kappa shape index (κ1) is 21.7. The van der Waals surface area contributed by atoms with Crippen molar-refractivity contribution in [2.45, 2.75) is 18.9 Å². The molecular weight excluding hydrogens is 440 g/mol. The molecule has 0 unspecified atom stereocenters. The van der Waals surface area contributed by atoms with E-state index in [1.165, 1.54) is 29.2 Å². The van der Waals surface area contributed by atoms with Gasteiger partial charge in [0.1, 0.15) is 5.02 Å². The summed E-state index contributed by atoms with van der Waals surface area (Å²) in [5.74, 6) is -0.996. The topological polar surface area (TPSA) is 64.7 Å². The number of nitrogens with one attached hydrogen (secondary N) is 1. The van der Waals surface area contributed by atoms with E-state index in [9.17, 15) is 31.1 Å². The fraction of sp³-hybridized carbons (Fsp3) is 0.235. The molecule has 2 heterocycles. The van der Waals surface area contributed by atoms with E-state index in [4.69, 9.17) is 11.6 Å². The molecule has 6 nitrogen and oxygen atoms in total. The lowest BCUT2D eigenvalue weighted by molar-refractivity contribution is -0.143. The molecule has 1 aromatic carbocycles. The Kier molecular flexibility index (Phi) is 5.54. The van der Waals surface area contributed by atoms with Crippen LogP contribution in [-0.2, 0) is 25.9 Å². The number of aromatic nitrogens is 4. The third kappa shape index (κ3) is 4.58. The molecule has 13 heteroatoms. The van der Waals surface area contributed by atoms with Crippen molar-refractivity contribution in [2.24, 2.45) is 7.05 Å². The molecule has 30 heavy (non-hydrogen) atoms. The highest BCUT2D eigenvalue weighted by atomic mass is 35.5. The van der Waals surface area contributed by atoms with Gasteiger partial charge in [0.15, 0.2) is 11.4 Å². The van der Waals surface area contributed by atoms with Crippen LogP contribution >= 0.6 is 11.6 Å². The number of anilines is 1. The number of hydrogen-bond acceptors (Lipinski definition) is 3. The summed E-state index contributed by atoms with van der Waals surface area (Å²) >= 11 is 5.66. The Labute approximate surface area is 170 Å². The maximum Gasteiger partial charge on any atom is 0.434 e. The number of aryl methyl sites for hydroxylation is 1. The van der Waals surface area contributed by atoms with E-state index in [0.29, 0.717) is 10.2 Å². The van der Waals surface area contributed by atoms with Gasteiger partial charge in [0, 0.05) is 13.2 Å². The van der Waals surface area contributed by atoms with Crippen molar-refractivity contribution in [1.29, 1.82) is 0 Å². The molecule has 0 bridgehead atoms. The molecule has 160 valence electrons. The van der Waals surface area contributed by atoms with Gasteiger partial charge in [-0.05, 0) is 17.7 Å². The number of halogens is 7. The molecular formula is C17H12ClF6N5O. The lowest BCUT2D eigenvalue weighted by atomic mass is 10.1. The van der Waals surface area contributed by atoms with E-state index in [1.54, 1.807) is 0 Å². The number of nitrogens with zero attached hydrogens (tertiary/aromatic N) is 4. The second-order valence-corrected chi connectivity index (χ2v) is 6.59. The fourth-order valence-electron chi connectivity index (χ4n) is 2.69. The quantitative estimate of drug-likeness (QED) is 0.589. The zero-order chi connectivity index (χ0) is 22.3. The molecule has 1 amide bonds. The van der Waals surface area contributed by atoms with Crippen LogP contribution in [0, 0.1) is 0 Å². The molecule has 0 aliphatic rings. The van der Waals surface area contributed by atoms with E-state index >= 15 is 0 Å². The van der Waals surface area contributed by atoms with Crippen LogP contribution in [0.2, 0.25) is 5.02 Å². The second-order valence-electron chi connectivity index (χ2n) is 6.21. The minimum absolute atomic E-state index is 0.0254. The smallest absolute Gasteiger partial charge is 0.318 e. The minimum Gasteiger partial charge on any atom is -0.318 e. The summed E-state index contributed by atoms with van der Waals surface area (Å²) in [6.45, 7) is -0.0254. The Bertz CT molecular complexity index is 1090. The zero-order valence-corrected chi connectivity index (χ0v) is 15.8. The van der Waals surface area contributed by atoms with Crippen molar-refractivity contribution in [3.8, 4) is 0 Å². The number of carbonyl (C=O) groups is 1. The molecule has 3 aromatic rings. The van der Waals surface area contributed by atoms with Gasteiger partial charge < -0.3 is 5.32 Å². The van der Waals surface area contributed by atoms with Crippen LogP contribution in [0.25, 0.3) is 0 Å². The summed E-state index contributed by atoms with van der Waals surface area (Å²) in [6.07, 6.45) is -6.80. The fourth-order valence-corrected chi connectivity index (χ4v) is 3.04. The van der Waals surface area contributed by atoms with Crippen molar-refractivity contribution in [2.75, 3.05) is 5.32 Å². The van der Waals surface area contributed by atoms with Crippen molar-refractivity contribution in [3.63, 3.8) is 0 Å². The number of benzene rings is 1. The van der Waals surface area contributed by atoms with E-state index in [1.807, 2.05) is 0 Å². The summed E-state index contributed by atoms with van der Waals surface area (Å²) < 4.78 is 79.0. The van der Waals surface area contributed by atoms with Gasteiger partial charge in [0.25, 0.3) is 5.91 Å². The first-order valence-corrected chi connectivity index (χ1v) is 8.53. The molecule has 0 fully saturated rings. The van der Waals surface area contributed by atoms with Gasteiger partial charge in [0.05, 0.1) is 24.0 Å². The van der Waals surface area contributed by atoms with E-state index < -0.39 is 40.2 Å². The summed E-state index contributed by atoms with van der Waals surface area (Å²) in [6, 6.07) is 4.63. The van der Waals surface area contributed by atoms with Gasteiger partial charge in [-0.2, -0.15) is 36.5 Å². The molecule has 3 rings (SSSR count). The van der Waals surface area contributed by atoms with Crippen molar-refractivity contribution in [1.82, 2.24) is 19.6 Å². The Morgan fingerprint density at radius 2 is 1.87 bits per heavy atom. The van der Waals surface area contributed by atoms with Gasteiger partial charge in [0.2, 0.25) is 0 Å². The van der Waals surface area contributed by atoms with E-state index in [0.717, 1.165) is 19.2 Å². The Hall–Kier alpha value is -3.02. The number of hydrogen-bond donors (Lipinski definition) is 1. The monoisotopic (exact) mass is 451 g/mol. The molecule has 0 atom stereocenters. The first-order valence-electron chi connectivity index (χ1n) is 8.16. The molecule has 0 aliphatic carbocycles. The van der Waals surface area contributed by atoms with Gasteiger partial charge in [-0.25, -0.2) is 0 Å². The SMILES string of the molecule is Cn1nc(C(=O)Nc2cnn(Cc3cccc(C(F)(F)F)c3)c2)c(Cl)c1C(F)(F)F. The molecule has 2 aromatic heterocycles. The van der Waals surface area contributed by atoms with Gasteiger partial charge in [-0.3, -0.25) is 14.2 Å². The molecule has 1 N–H and O–H groups in total. The summed E-state index contributed by atoms with van der Waals surface area (Å²) in [5.41, 5.74) is -2.30. The van der Waals surface area contributed by atoms with Crippen LogP contribution in [-0.4, -0.2) is 25.5 Å². The number of rotatable bonds is 4. The maximum absolute atomic E-state index is 13.0. The molecule has 0 radical (unpaired) electrons. The van der Waals surface area contributed by atoms with Crippen LogP contribution in [0.3, 0.4) is 0 Å². The highest BCUT2D eigenvalue weighted by Gasteiger charge is 2.40. The van der Waals surface area contributed by atoms with Crippen LogP contribution in [0.15, 0.2) is 36.7 Å². The maximum atomic E-state index is 13.0. The second kappa shape index (κ2) is 7.67. The zero-order valence-electron chi connectivity index (χ0n) is 15.0. The molecule has 0 spiro atoms. The predicted octanol–water partition coefficient (Wildman–Crippen LogP) is 4.61. The van der Waals surface area contributed by atoms with Crippen molar-refractivity contribution < 1.29 is 31.1 Å². The summed E-state index contributed by atoms with van der Waals surface area (Å²) in [4.78, 5) is 12.2. The molecule has 0 saturated heterocycles. The van der Waals surface area contributed by atoms with Gasteiger partial charge >= 0.3 is 12.4 Å². The minimum atomic E-state index is -4.80. The third-order valence-electron chi connectivity index (χ3n) is 3.96. The highest BCUT2D eigenvalue weighted by molar-refractivity contribution is 6.34.